The Kier molecular flexibility index (Phi) is 5.37. The first-order valence-electron chi connectivity index (χ1n) is 10.5. The van der Waals surface area contributed by atoms with Crippen LogP contribution in [-0.2, 0) is 9.59 Å². The number of barbiturate groups is 1. The number of urea groups is 1. The van der Waals surface area contributed by atoms with Gasteiger partial charge in [-0.25, -0.2) is 9.69 Å². The molecule has 166 valence electrons. The van der Waals surface area contributed by atoms with Crippen LogP contribution in [0.15, 0.2) is 42.0 Å². The van der Waals surface area contributed by atoms with Gasteiger partial charge in [0.1, 0.15) is 5.57 Å². The first-order valence-corrected chi connectivity index (χ1v) is 10.9. The number of hydrogen-bond donors (Lipinski definition) is 1. The highest BCUT2D eigenvalue weighted by Crippen LogP contribution is 2.44. The Morgan fingerprint density at radius 3 is 2.56 bits per heavy atom. The first kappa shape index (κ1) is 22.1. The van der Waals surface area contributed by atoms with Crippen molar-refractivity contribution in [3.63, 3.8) is 0 Å². The molecule has 1 saturated heterocycles. The van der Waals surface area contributed by atoms with Crippen molar-refractivity contribution in [1.82, 2.24) is 5.32 Å². The van der Waals surface area contributed by atoms with Crippen molar-refractivity contribution < 1.29 is 14.4 Å². The molecule has 0 unspecified atom stereocenters. The Balaban J connectivity index is 1.78. The number of carbonyl (C=O) groups excluding carboxylic acids is 3. The number of nitrogens with zero attached hydrogens (tertiary/aromatic N) is 2. The van der Waals surface area contributed by atoms with Gasteiger partial charge in [-0.05, 0) is 80.1 Å². The van der Waals surface area contributed by atoms with E-state index < -0.39 is 17.8 Å². The number of fused-ring (bicyclic) bond motifs is 1. The predicted octanol–water partition coefficient (Wildman–Crippen LogP) is 5.04. The second-order valence-corrected chi connectivity index (χ2v) is 9.61. The zero-order valence-corrected chi connectivity index (χ0v) is 19.6. The smallest absolute Gasteiger partial charge is 0.335 e. The Bertz CT molecular complexity index is 1180. The number of amides is 4. The monoisotopic (exact) mass is 451 g/mol. The average molecular weight is 452 g/mol. The number of aryl methyl sites for hydroxylation is 1. The first-order chi connectivity index (χ1) is 15.0. The van der Waals surface area contributed by atoms with E-state index in [0.717, 1.165) is 28.1 Å². The number of benzene rings is 2. The average Bonchev–Trinajstić information content (AvgIpc) is 2.69. The van der Waals surface area contributed by atoms with Gasteiger partial charge in [0, 0.05) is 23.3 Å². The summed E-state index contributed by atoms with van der Waals surface area (Å²) in [5.41, 5.74) is 3.87. The molecule has 4 amide bonds. The number of nitrogens with one attached hydrogen (secondary N) is 1. The van der Waals surface area contributed by atoms with Crippen molar-refractivity contribution in [3.05, 3.63) is 63.7 Å². The second kappa shape index (κ2) is 7.78. The predicted molar refractivity (Wildman–Crippen MR) is 127 cm³/mol. The summed E-state index contributed by atoms with van der Waals surface area (Å²) in [6.07, 6.45) is 2.44. The van der Waals surface area contributed by atoms with E-state index in [4.69, 9.17) is 11.6 Å². The third-order valence-electron chi connectivity index (χ3n) is 6.41. The van der Waals surface area contributed by atoms with Crippen LogP contribution in [0.1, 0.15) is 49.8 Å². The van der Waals surface area contributed by atoms with Crippen LogP contribution < -0.4 is 15.1 Å². The van der Waals surface area contributed by atoms with Gasteiger partial charge >= 0.3 is 6.03 Å². The highest BCUT2D eigenvalue weighted by Gasteiger charge is 2.38. The normalized spacial score (nSPS) is 21.6. The molecule has 2 aromatic rings. The zero-order chi connectivity index (χ0) is 23.4. The maximum Gasteiger partial charge on any atom is 0.335 e. The molecule has 7 heteroatoms. The van der Waals surface area contributed by atoms with Crippen molar-refractivity contribution in [2.24, 2.45) is 0 Å². The molecule has 0 bridgehead atoms. The van der Waals surface area contributed by atoms with Gasteiger partial charge in [0.05, 0.1) is 5.69 Å². The van der Waals surface area contributed by atoms with Crippen LogP contribution in [0, 0.1) is 6.92 Å². The van der Waals surface area contributed by atoms with Crippen LogP contribution in [0.3, 0.4) is 0 Å². The van der Waals surface area contributed by atoms with E-state index in [1.165, 1.54) is 6.08 Å². The molecule has 4 rings (SSSR count). The third-order valence-corrected chi connectivity index (χ3v) is 6.74. The molecule has 2 heterocycles. The highest BCUT2D eigenvalue weighted by atomic mass is 35.5. The summed E-state index contributed by atoms with van der Waals surface area (Å²) >= 11 is 6.59. The van der Waals surface area contributed by atoms with Gasteiger partial charge in [-0.2, -0.15) is 0 Å². The Hall–Kier alpha value is -3.12. The van der Waals surface area contributed by atoms with Crippen molar-refractivity contribution >= 4 is 46.9 Å². The maximum absolute atomic E-state index is 13.2. The minimum atomic E-state index is -0.767. The quantitative estimate of drug-likeness (QED) is 0.513. The summed E-state index contributed by atoms with van der Waals surface area (Å²) in [6, 6.07) is 10.1. The molecule has 32 heavy (non-hydrogen) atoms. The summed E-state index contributed by atoms with van der Waals surface area (Å²) in [5.74, 6) is -1.12. The molecule has 2 aliphatic rings. The second-order valence-electron chi connectivity index (χ2n) is 9.21. The van der Waals surface area contributed by atoms with Crippen LogP contribution in [0.2, 0.25) is 5.02 Å². The van der Waals surface area contributed by atoms with Crippen LogP contribution in [0.4, 0.5) is 16.2 Å². The van der Waals surface area contributed by atoms with Crippen molar-refractivity contribution in [2.45, 2.75) is 45.6 Å². The summed E-state index contributed by atoms with van der Waals surface area (Å²) < 4.78 is 0. The molecular weight excluding hydrogens is 426 g/mol. The molecule has 0 saturated carbocycles. The molecule has 2 aliphatic heterocycles. The van der Waals surface area contributed by atoms with Gasteiger partial charge in [-0.15, -0.1) is 0 Å². The standard InChI is InChI=1S/C25H26ClN3O3/c1-14-7-6-8-17(9-14)29-23(31)19(22(30)27-24(29)32)11-16-10-18-15(2)13-25(3,4)28(5)21(18)12-20(16)26/h6-12,15H,13H2,1-5H3,(H,27,30,32)/b19-11+/t15-/m0/s1. The Morgan fingerprint density at radius 2 is 1.88 bits per heavy atom. The van der Waals surface area contributed by atoms with Gasteiger partial charge in [-0.3, -0.25) is 14.9 Å². The summed E-state index contributed by atoms with van der Waals surface area (Å²) in [5, 5.41) is 2.70. The summed E-state index contributed by atoms with van der Waals surface area (Å²) in [7, 11) is 2.04. The SMILES string of the molecule is Cc1cccc(N2C(=O)NC(=O)/C(=C\c3cc4c(cc3Cl)N(C)C(C)(C)C[C@@H]4C)C2=O)c1. The van der Waals surface area contributed by atoms with Crippen LogP contribution in [0.5, 0.6) is 0 Å². The molecule has 1 fully saturated rings. The van der Waals surface area contributed by atoms with Gasteiger partial charge in [0.2, 0.25) is 0 Å². The third kappa shape index (κ3) is 3.69. The van der Waals surface area contributed by atoms with Crippen LogP contribution in [-0.4, -0.2) is 30.4 Å². The van der Waals surface area contributed by atoms with Crippen LogP contribution in [0.25, 0.3) is 6.08 Å². The lowest BCUT2D eigenvalue weighted by Crippen LogP contribution is -2.54. The summed E-state index contributed by atoms with van der Waals surface area (Å²) in [4.78, 5) is 41.4. The minimum absolute atomic E-state index is 0.0103. The minimum Gasteiger partial charge on any atom is -0.369 e. The number of carbonyl (C=O) groups is 3. The fourth-order valence-corrected chi connectivity index (χ4v) is 4.74. The highest BCUT2D eigenvalue weighted by molar-refractivity contribution is 6.40. The molecule has 6 nitrogen and oxygen atoms in total. The lowest BCUT2D eigenvalue weighted by molar-refractivity contribution is -0.122. The van der Waals surface area contributed by atoms with E-state index >= 15 is 0 Å². The molecule has 1 N–H and O–H groups in total. The fourth-order valence-electron chi connectivity index (χ4n) is 4.53. The maximum atomic E-state index is 13.2. The number of anilines is 2. The Morgan fingerprint density at radius 1 is 1.16 bits per heavy atom. The molecule has 2 aromatic carbocycles. The van der Waals surface area contributed by atoms with Gasteiger partial charge < -0.3 is 4.90 Å². The van der Waals surface area contributed by atoms with Gasteiger partial charge in [0.15, 0.2) is 0 Å². The topological polar surface area (TPSA) is 69.7 Å². The summed E-state index contributed by atoms with van der Waals surface area (Å²) in [6.45, 7) is 8.41. The zero-order valence-electron chi connectivity index (χ0n) is 18.8. The lowest BCUT2D eigenvalue weighted by atomic mass is 9.80. The van der Waals surface area contributed by atoms with E-state index in [9.17, 15) is 14.4 Å². The number of imide groups is 2. The van der Waals surface area contributed by atoms with E-state index in [1.807, 2.05) is 32.2 Å². The lowest BCUT2D eigenvalue weighted by Gasteiger charge is -2.45. The van der Waals surface area contributed by atoms with E-state index in [-0.39, 0.29) is 17.0 Å². The molecule has 1 atom stereocenters. The number of hydrogen-bond acceptors (Lipinski definition) is 4. The number of halogens is 1. The van der Waals surface area contributed by atoms with Crippen molar-refractivity contribution in [1.29, 1.82) is 0 Å². The van der Waals surface area contributed by atoms with Crippen LogP contribution >= 0.6 is 11.6 Å². The van der Waals surface area contributed by atoms with Crippen molar-refractivity contribution in [2.75, 3.05) is 16.8 Å². The molecule has 0 spiro atoms. The van der Waals surface area contributed by atoms with Gasteiger partial charge in [0.25, 0.3) is 11.8 Å². The largest absolute Gasteiger partial charge is 0.369 e. The molecular formula is C25H26ClN3O3. The molecule has 0 radical (unpaired) electrons. The Labute approximate surface area is 192 Å². The molecule has 0 aliphatic carbocycles. The fraction of sp³-hybridized carbons (Fsp3) is 0.320. The van der Waals surface area contributed by atoms with E-state index in [2.05, 4.69) is 31.0 Å². The van der Waals surface area contributed by atoms with E-state index in [1.54, 1.807) is 18.2 Å². The molecule has 0 aromatic heterocycles. The van der Waals surface area contributed by atoms with Gasteiger partial charge in [-0.1, -0.05) is 30.7 Å². The number of rotatable bonds is 2. The van der Waals surface area contributed by atoms with E-state index in [0.29, 0.717) is 16.3 Å². The van der Waals surface area contributed by atoms with Crippen molar-refractivity contribution in [3.8, 4) is 0 Å².